The van der Waals surface area contributed by atoms with Crippen molar-refractivity contribution in [3.8, 4) is 6.07 Å². The number of rotatable bonds is 6. The molecule has 1 amide bonds. The average molecular weight is 263 g/mol. The number of nitriles is 1. The molecule has 1 rings (SSSR count). The van der Waals surface area contributed by atoms with Crippen LogP contribution in [0.3, 0.4) is 0 Å². The fourth-order valence-electron chi connectivity index (χ4n) is 1.91. The summed E-state index contributed by atoms with van der Waals surface area (Å²) in [6, 6.07) is 1.93. The topological polar surface area (TPSA) is 85.4 Å². The Morgan fingerprint density at radius 2 is 2.11 bits per heavy atom. The van der Waals surface area contributed by atoms with Crippen LogP contribution in [0.1, 0.15) is 0 Å². The van der Waals surface area contributed by atoms with Gasteiger partial charge >= 0.3 is 0 Å². The van der Waals surface area contributed by atoms with E-state index in [1.54, 1.807) is 11.0 Å². The predicted molar refractivity (Wildman–Crippen MR) is 74.0 cm³/mol. The summed E-state index contributed by atoms with van der Waals surface area (Å²) >= 11 is 0. The van der Waals surface area contributed by atoms with Crippen molar-refractivity contribution in [3.63, 3.8) is 0 Å². The van der Waals surface area contributed by atoms with Gasteiger partial charge in [-0.05, 0) is 0 Å². The highest BCUT2D eigenvalue weighted by Gasteiger charge is 2.23. The van der Waals surface area contributed by atoms with E-state index in [-0.39, 0.29) is 11.5 Å². The third kappa shape index (κ3) is 4.73. The van der Waals surface area contributed by atoms with Gasteiger partial charge in [0.1, 0.15) is 11.6 Å². The van der Waals surface area contributed by atoms with Gasteiger partial charge in [-0.25, -0.2) is 0 Å². The zero-order valence-corrected chi connectivity index (χ0v) is 11.1. The van der Waals surface area contributed by atoms with Crippen molar-refractivity contribution in [2.24, 2.45) is 5.73 Å². The van der Waals surface area contributed by atoms with Crippen molar-refractivity contribution >= 4 is 5.91 Å². The number of amides is 1. The molecule has 0 aliphatic carbocycles. The van der Waals surface area contributed by atoms with Gasteiger partial charge in [-0.1, -0.05) is 6.08 Å². The minimum absolute atomic E-state index is 0.133. The van der Waals surface area contributed by atoms with Crippen LogP contribution in [-0.2, 0) is 4.79 Å². The Bertz CT molecular complexity index is 377. The summed E-state index contributed by atoms with van der Waals surface area (Å²) in [5, 5.41) is 11.9. The van der Waals surface area contributed by atoms with E-state index in [0.29, 0.717) is 26.2 Å². The monoisotopic (exact) mass is 263 g/mol. The van der Waals surface area contributed by atoms with E-state index in [0.717, 1.165) is 19.6 Å². The Kier molecular flexibility index (Phi) is 6.64. The molecule has 0 bridgehead atoms. The van der Waals surface area contributed by atoms with E-state index in [2.05, 4.69) is 16.8 Å². The third-order valence-electron chi connectivity index (χ3n) is 2.96. The summed E-state index contributed by atoms with van der Waals surface area (Å²) in [5.74, 6) is -0.216. The van der Waals surface area contributed by atoms with Crippen molar-refractivity contribution in [3.05, 3.63) is 24.4 Å². The van der Waals surface area contributed by atoms with Crippen molar-refractivity contribution in [1.82, 2.24) is 15.1 Å². The number of carbonyl (C=O) groups is 1. The smallest absolute Gasteiger partial charge is 0.266 e. The highest BCUT2D eigenvalue weighted by molar-refractivity contribution is 5.97. The molecule has 104 valence electrons. The Morgan fingerprint density at radius 3 is 2.63 bits per heavy atom. The molecule has 1 aliphatic heterocycles. The quantitative estimate of drug-likeness (QED) is 0.286. The minimum Gasteiger partial charge on any atom is -0.386 e. The van der Waals surface area contributed by atoms with Gasteiger partial charge in [0, 0.05) is 52.0 Å². The summed E-state index contributed by atoms with van der Waals surface area (Å²) in [7, 11) is 0. The van der Waals surface area contributed by atoms with Crippen LogP contribution >= 0.6 is 0 Å². The highest BCUT2D eigenvalue weighted by atomic mass is 16.2. The van der Waals surface area contributed by atoms with Crippen LogP contribution in [0.5, 0.6) is 0 Å². The van der Waals surface area contributed by atoms with E-state index in [9.17, 15) is 4.79 Å². The molecule has 0 unspecified atom stereocenters. The van der Waals surface area contributed by atoms with Gasteiger partial charge in [-0.2, -0.15) is 5.26 Å². The maximum atomic E-state index is 12.1. The predicted octanol–water partition coefficient (Wildman–Crippen LogP) is -0.728. The first-order valence-electron chi connectivity index (χ1n) is 6.39. The molecular formula is C13H21N5O. The largest absolute Gasteiger partial charge is 0.386 e. The van der Waals surface area contributed by atoms with Crippen molar-refractivity contribution in [1.29, 1.82) is 5.26 Å². The van der Waals surface area contributed by atoms with Gasteiger partial charge in [-0.15, -0.1) is 6.58 Å². The lowest BCUT2D eigenvalue weighted by molar-refractivity contribution is -0.128. The molecule has 0 atom stereocenters. The van der Waals surface area contributed by atoms with Crippen LogP contribution in [0.25, 0.3) is 0 Å². The lowest BCUT2D eigenvalue weighted by Crippen LogP contribution is -2.50. The number of carbonyl (C=O) groups excluding carboxylic acids is 1. The van der Waals surface area contributed by atoms with Crippen molar-refractivity contribution in [2.45, 2.75) is 0 Å². The van der Waals surface area contributed by atoms with E-state index in [4.69, 9.17) is 11.0 Å². The van der Waals surface area contributed by atoms with Crippen LogP contribution in [0.2, 0.25) is 0 Å². The Balaban J connectivity index is 2.51. The van der Waals surface area contributed by atoms with E-state index < -0.39 is 0 Å². The van der Waals surface area contributed by atoms with E-state index in [1.165, 1.54) is 6.20 Å². The summed E-state index contributed by atoms with van der Waals surface area (Å²) in [5.41, 5.74) is 5.63. The average Bonchev–Trinajstić information content (AvgIpc) is 2.44. The standard InChI is InChI=1S/C13H21N5O/c1-2-4-16-11-12(10-15)13(19)18-8-6-17(5-3-14)7-9-18/h2,11,16H,1,3-9,14H2/b12-11-. The second-order valence-corrected chi connectivity index (χ2v) is 4.29. The molecule has 0 radical (unpaired) electrons. The van der Waals surface area contributed by atoms with Crippen molar-refractivity contribution < 1.29 is 4.79 Å². The molecule has 0 aromatic heterocycles. The second kappa shape index (κ2) is 8.29. The first-order valence-corrected chi connectivity index (χ1v) is 6.39. The van der Waals surface area contributed by atoms with Crippen LogP contribution in [0, 0.1) is 11.3 Å². The fourth-order valence-corrected chi connectivity index (χ4v) is 1.91. The highest BCUT2D eigenvalue weighted by Crippen LogP contribution is 2.06. The van der Waals surface area contributed by atoms with E-state index >= 15 is 0 Å². The van der Waals surface area contributed by atoms with Crippen molar-refractivity contribution in [2.75, 3.05) is 45.8 Å². The van der Waals surface area contributed by atoms with Gasteiger partial charge in [0.15, 0.2) is 0 Å². The summed E-state index contributed by atoms with van der Waals surface area (Å²) in [6.45, 7) is 8.46. The zero-order chi connectivity index (χ0) is 14.1. The molecule has 6 heteroatoms. The first kappa shape index (κ1) is 15.2. The van der Waals surface area contributed by atoms with Gasteiger partial charge in [0.2, 0.25) is 0 Å². The van der Waals surface area contributed by atoms with E-state index in [1.807, 2.05) is 6.07 Å². The molecule has 0 spiro atoms. The molecule has 1 saturated heterocycles. The minimum atomic E-state index is -0.216. The fraction of sp³-hybridized carbons (Fsp3) is 0.538. The van der Waals surface area contributed by atoms with Gasteiger partial charge in [0.05, 0.1) is 0 Å². The number of hydrogen-bond donors (Lipinski definition) is 2. The number of hydrogen-bond acceptors (Lipinski definition) is 5. The van der Waals surface area contributed by atoms with Gasteiger partial charge < -0.3 is 16.0 Å². The number of piperazine rings is 1. The normalized spacial score (nSPS) is 16.8. The van der Waals surface area contributed by atoms with Crippen LogP contribution < -0.4 is 11.1 Å². The second-order valence-electron chi connectivity index (χ2n) is 4.29. The SMILES string of the molecule is C=CCN/C=C(/C#N)C(=O)N1CCN(CCN)CC1. The zero-order valence-electron chi connectivity index (χ0n) is 11.1. The molecule has 6 nitrogen and oxygen atoms in total. The molecule has 19 heavy (non-hydrogen) atoms. The molecular weight excluding hydrogens is 242 g/mol. The van der Waals surface area contributed by atoms with Gasteiger partial charge in [0.25, 0.3) is 5.91 Å². The summed E-state index contributed by atoms with van der Waals surface area (Å²) < 4.78 is 0. The Morgan fingerprint density at radius 1 is 1.42 bits per heavy atom. The van der Waals surface area contributed by atoms with Gasteiger partial charge in [-0.3, -0.25) is 9.69 Å². The number of nitrogens with two attached hydrogens (primary N) is 1. The summed E-state index contributed by atoms with van der Waals surface area (Å²) in [4.78, 5) is 16.0. The molecule has 1 aliphatic rings. The van der Waals surface area contributed by atoms with Crippen LogP contribution in [0.4, 0.5) is 0 Å². The Labute approximate surface area is 114 Å². The van der Waals surface area contributed by atoms with Crippen LogP contribution in [-0.4, -0.2) is 61.5 Å². The molecule has 1 fully saturated rings. The number of nitrogens with zero attached hydrogens (tertiary/aromatic N) is 3. The Hall–Kier alpha value is -1.84. The molecule has 3 N–H and O–H groups in total. The van der Waals surface area contributed by atoms with Crippen LogP contribution in [0.15, 0.2) is 24.4 Å². The third-order valence-corrected chi connectivity index (χ3v) is 2.96. The molecule has 1 heterocycles. The maximum Gasteiger partial charge on any atom is 0.266 e. The number of nitrogens with one attached hydrogen (secondary N) is 1. The molecule has 0 aromatic carbocycles. The lowest BCUT2D eigenvalue weighted by Gasteiger charge is -2.34. The summed E-state index contributed by atoms with van der Waals surface area (Å²) in [6.07, 6.45) is 3.12. The lowest BCUT2D eigenvalue weighted by atomic mass is 10.2. The molecule has 0 saturated carbocycles. The molecule has 0 aromatic rings. The first-order chi connectivity index (χ1) is 9.22. The maximum absolute atomic E-state index is 12.1.